The third-order valence-corrected chi connectivity index (χ3v) is 4.38. The van der Waals surface area contributed by atoms with Gasteiger partial charge in [0.2, 0.25) is 5.91 Å². The van der Waals surface area contributed by atoms with Crippen molar-refractivity contribution < 1.29 is 23.9 Å². The summed E-state index contributed by atoms with van der Waals surface area (Å²) >= 11 is 0. The molecule has 0 bridgehead atoms. The molecule has 0 unspecified atom stereocenters. The third kappa shape index (κ3) is 4.16. The Hall–Kier alpha value is -3.15. The Morgan fingerprint density at radius 2 is 1.78 bits per heavy atom. The van der Waals surface area contributed by atoms with Crippen molar-refractivity contribution in [2.45, 2.75) is 19.8 Å². The van der Waals surface area contributed by atoms with E-state index in [0.717, 1.165) is 17.7 Å². The number of fused-ring (bicyclic) bond motifs is 1. The summed E-state index contributed by atoms with van der Waals surface area (Å²) in [5.74, 6) is -0.202. The second-order valence-electron chi connectivity index (χ2n) is 6.35. The Labute approximate surface area is 157 Å². The smallest absolute Gasteiger partial charge is 0.338 e. The molecule has 140 valence electrons. The van der Waals surface area contributed by atoms with Gasteiger partial charge in [-0.05, 0) is 54.4 Å². The standard InChI is InChI=1S/C21H21NO5/c1-3-10-26-17-7-4-14(5-8-17)21(25)27-13-19(23)15-6-9-18-16(11-15)12-20(24)22(18)2/h4-9,11H,3,10,12-13H2,1-2H3. The molecule has 0 saturated carbocycles. The van der Waals surface area contributed by atoms with Gasteiger partial charge in [0.05, 0.1) is 18.6 Å². The molecule has 0 N–H and O–H groups in total. The molecule has 2 aromatic carbocycles. The number of ketones is 1. The third-order valence-electron chi connectivity index (χ3n) is 4.38. The summed E-state index contributed by atoms with van der Waals surface area (Å²) < 4.78 is 10.6. The van der Waals surface area contributed by atoms with Crippen molar-refractivity contribution in [2.75, 3.05) is 25.2 Å². The normalized spacial score (nSPS) is 12.7. The molecule has 1 amide bonds. The van der Waals surface area contributed by atoms with Gasteiger partial charge < -0.3 is 14.4 Å². The number of nitrogens with zero attached hydrogens (tertiary/aromatic N) is 1. The number of Topliss-reactive ketones (excluding diaryl/α,β-unsaturated/α-hetero) is 1. The van der Waals surface area contributed by atoms with E-state index in [0.29, 0.717) is 23.5 Å². The molecule has 3 rings (SSSR count). The highest BCUT2D eigenvalue weighted by atomic mass is 16.5. The molecule has 6 nitrogen and oxygen atoms in total. The number of esters is 1. The fraction of sp³-hybridized carbons (Fsp3) is 0.286. The first-order valence-electron chi connectivity index (χ1n) is 8.82. The Balaban J connectivity index is 1.58. The Morgan fingerprint density at radius 1 is 1.07 bits per heavy atom. The maximum atomic E-state index is 12.3. The van der Waals surface area contributed by atoms with Crippen molar-refractivity contribution >= 4 is 23.3 Å². The average molecular weight is 367 g/mol. The molecule has 1 heterocycles. The van der Waals surface area contributed by atoms with Crippen LogP contribution in [0, 0.1) is 0 Å². The number of ether oxygens (including phenoxy) is 2. The molecular formula is C21H21NO5. The van der Waals surface area contributed by atoms with Crippen molar-refractivity contribution in [3.63, 3.8) is 0 Å². The number of benzene rings is 2. The van der Waals surface area contributed by atoms with Crippen LogP contribution < -0.4 is 9.64 Å². The molecule has 0 aliphatic carbocycles. The van der Waals surface area contributed by atoms with Gasteiger partial charge in [0.15, 0.2) is 12.4 Å². The van der Waals surface area contributed by atoms with Crippen LogP contribution in [-0.4, -0.2) is 37.9 Å². The highest BCUT2D eigenvalue weighted by Gasteiger charge is 2.25. The molecule has 2 aromatic rings. The summed E-state index contributed by atoms with van der Waals surface area (Å²) in [4.78, 5) is 37.7. The van der Waals surface area contributed by atoms with Crippen LogP contribution in [0.4, 0.5) is 5.69 Å². The molecule has 0 spiro atoms. The lowest BCUT2D eigenvalue weighted by atomic mass is 10.1. The van der Waals surface area contributed by atoms with E-state index in [9.17, 15) is 14.4 Å². The van der Waals surface area contributed by atoms with Crippen LogP contribution in [0.15, 0.2) is 42.5 Å². The van der Waals surface area contributed by atoms with E-state index in [1.54, 1.807) is 54.4 Å². The minimum atomic E-state index is -0.568. The first kappa shape index (κ1) is 18.6. The first-order valence-corrected chi connectivity index (χ1v) is 8.82. The largest absolute Gasteiger partial charge is 0.494 e. The lowest BCUT2D eigenvalue weighted by Gasteiger charge is -2.10. The van der Waals surface area contributed by atoms with Crippen LogP contribution in [0.3, 0.4) is 0 Å². The molecular weight excluding hydrogens is 346 g/mol. The van der Waals surface area contributed by atoms with Crippen molar-refractivity contribution in [2.24, 2.45) is 0 Å². The van der Waals surface area contributed by atoms with E-state index in [2.05, 4.69) is 0 Å². The van der Waals surface area contributed by atoms with Gasteiger partial charge in [-0.15, -0.1) is 0 Å². The molecule has 0 atom stereocenters. The highest BCUT2D eigenvalue weighted by Crippen LogP contribution is 2.28. The molecule has 6 heteroatoms. The molecule has 0 saturated heterocycles. The summed E-state index contributed by atoms with van der Waals surface area (Å²) in [7, 11) is 1.70. The van der Waals surface area contributed by atoms with Crippen LogP contribution in [0.1, 0.15) is 39.6 Å². The number of anilines is 1. The van der Waals surface area contributed by atoms with Crippen molar-refractivity contribution in [1.82, 2.24) is 0 Å². The Kier molecular flexibility index (Phi) is 5.54. The van der Waals surface area contributed by atoms with Gasteiger partial charge in [-0.3, -0.25) is 9.59 Å². The highest BCUT2D eigenvalue weighted by molar-refractivity contribution is 6.04. The van der Waals surface area contributed by atoms with E-state index in [-0.39, 0.29) is 24.7 Å². The fourth-order valence-electron chi connectivity index (χ4n) is 2.85. The molecule has 1 aliphatic heterocycles. The van der Waals surface area contributed by atoms with Crippen LogP contribution in [0.5, 0.6) is 5.75 Å². The zero-order valence-electron chi connectivity index (χ0n) is 15.4. The van der Waals surface area contributed by atoms with Gasteiger partial charge in [-0.1, -0.05) is 6.92 Å². The predicted octanol–water partition coefficient (Wildman–Crippen LogP) is 3.03. The van der Waals surface area contributed by atoms with Crippen LogP contribution in [0.25, 0.3) is 0 Å². The summed E-state index contributed by atoms with van der Waals surface area (Å²) in [6.07, 6.45) is 1.18. The second-order valence-corrected chi connectivity index (χ2v) is 6.35. The average Bonchev–Trinajstić information content (AvgIpc) is 2.97. The number of likely N-dealkylation sites (N-methyl/N-ethyl adjacent to an activating group) is 1. The van der Waals surface area contributed by atoms with E-state index in [1.807, 2.05) is 6.92 Å². The lowest BCUT2D eigenvalue weighted by molar-refractivity contribution is -0.117. The monoisotopic (exact) mass is 367 g/mol. The van der Waals surface area contributed by atoms with E-state index < -0.39 is 5.97 Å². The Bertz CT molecular complexity index is 873. The number of rotatable bonds is 7. The zero-order valence-corrected chi connectivity index (χ0v) is 15.4. The maximum absolute atomic E-state index is 12.3. The molecule has 1 aliphatic rings. The van der Waals surface area contributed by atoms with Gasteiger partial charge in [-0.25, -0.2) is 4.79 Å². The summed E-state index contributed by atoms with van der Waals surface area (Å²) in [6, 6.07) is 11.7. The topological polar surface area (TPSA) is 72.9 Å². The van der Waals surface area contributed by atoms with Gasteiger partial charge in [0, 0.05) is 18.3 Å². The number of carbonyl (C=O) groups excluding carboxylic acids is 3. The van der Waals surface area contributed by atoms with Crippen LogP contribution >= 0.6 is 0 Å². The van der Waals surface area contributed by atoms with E-state index >= 15 is 0 Å². The first-order chi connectivity index (χ1) is 13.0. The minimum absolute atomic E-state index is 0.00705. The van der Waals surface area contributed by atoms with Crippen LogP contribution in [-0.2, 0) is 16.0 Å². The molecule has 0 fully saturated rings. The van der Waals surface area contributed by atoms with Gasteiger partial charge >= 0.3 is 5.97 Å². The number of hydrogen-bond donors (Lipinski definition) is 0. The zero-order chi connectivity index (χ0) is 19.4. The Morgan fingerprint density at radius 3 is 2.48 bits per heavy atom. The number of hydrogen-bond acceptors (Lipinski definition) is 5. The van der Waals surface area contributed by atoms with Crippen molar-refractivity contribution in [3.8, 4) is 5.75 Å². The lowest BCUT2D eigenvalue weighted by Crippen LogP contribution is -2.20. The quantitative estimate of drug-likeness (QED) is 0.556. The summed E-state index contributed by atoms with van der Waals surface area (Å²) in [5, 5.41) is 0. The van der Waals surface area contributed by atoms with Crippen molar-refractivity contribution in [3.05, 3.63) is 59.2 Å². The van der Waals surface area contributed by atoms with Gasteiger partial charge in [0.1, 0.15) is 5.75 Å². The SMILES string of the molecule is CCCOc1ccc(C(=O)OCC(=O)c2ccc3c(c2)CC(=O)N3C)cc1. The number of amides is 1. The maximum Gasteiger partial charge on any atom is 0.338 e. The molecule has 0 radical (unpaired) electrons. The summed E-state index contributed by atoms with van der Waals surface area (Å²) in [6.45, 7) is 2.27. The fourth-order valence-corrected chi connectivity index (χ4v) is 2.85. The van der Waals surface area contributed by atoms with Crippen LogP contribution in [0.2, 0.25) is 0 Å². The summed E-state index contributed by atoms with van der Waals surface area (Å²) in [5.41, 5.74) is 2.39. The molecule has 27 heavy (non-hydrogen) atoms. The van der Waals surface area contributed by atoms with Crippen molar-refractivity contribution in [1.29, 1.82) is 0 Å². The van der Waals surface area contributed by atoms with Gasteiger partial charge in [0.25, 0.3) is 0 Å². The van der Waals surface area contributed by atoms with E-state index in [4.69, 9.17) is 9.47 Å². The predicted molar refractivity (Wildman–Crippen MR) is 100 cm³/mol. The minimum Gasteiger partial charge on any atom is -0.494 e. The van der Waals surface area contributed by atoms with Gasteiger partial charge in [-0.2, -0.15) is 0 Å². The van der Waals surface area contributed by atoms with E-state index in [1.165, 1.54) is 0 Å². The molecule has 0 aromatic heterocycles. The number of carbonyl (C=O) groups is 3. The second kappa shape index (κ2) is 8.03.